The van der Waals surface area contributed by atoms with E-state index in [2.05, 4.69) is 0 Å². The molecule has 136 valence electrons. The number of benzene rings is 2. The fourth-order valence-electron chi connectivity index (χ4n) is 3.56. The highest BCUT2D eigenvalue weighted by Gasteiger charge is 2.30. The van der Waals surface area contributed by atoms with Crippen molar-refractivity contribution in [2.75, 3.05) is 13.1 Å². The molecule has 6 nitrogen and oxygen atoms in total. The van der Waals surface area contributed by atoms with Gasteiger partial charge in [-0.15, -0.1) is 0 Å². The van der Waals surface area contributed by atoms with Gasteiger partial charge >= 0.3 is 0 Å². The smallest absolute Gasteiger partial charge is 0.273 e. The highest BCUT2D eigenvalue weighted by atomic mass is 16.6. The maximum absolute atomic E-state index is 12.8. The van der Waals surface area contributed by atoms with Crippen molar-refractivity contribution >= 4 is 11.6 Å². The number of nitro benzene ring substituents is 1. The number of carbonyl (C=O) groups excluding carboxylic acids is 1. The Bertz CT molecular complexity index is 799. The Morgan fingerprint density at radius 2 is 1.81 bits per heavy atom. The average molecular weight is 354 g/mol. The van der Waals surface area contributed by atoms with Gasteiger partial charge in [0.2, 0.25) is 0 Å². The molecule has 6 heteroatoms. The number of aliphatic hydroxyl groups is 1. The van der Waals surface area contributed by atoms with E-state index in [1.807, 2.05) is 30.3 Å². The lowest BCUT2D eigenvalue weighted by molar-refractivity contribution is -0.385. The Kier molecular flexibility index (Phi) is 5.32. The molecule has 0 spiro atoms. The van der Waals surface area contributed by atoms with Gasteiger partial charge in [-0.1, -0.05) is 36.4 Å². The van der Waals surface area contributed by atoms with Gasteiger partial charge in [0.05, 0.1) is 11.0 Å². The van der Waals surface area contributed by atoms with Gasteiger partial charge in [-0.05, 0) is 37.3 Å². The van der Waals surface area contributed by atoms with E-state index in [9.17, 15) is 20.0 Å². The van der Waals surface area contributed by atoms with Crippen LogP contribution in [0, 0.1) is 23.0 Å². The van der Waals surface area contributed by atoms with Crippen LogP contribution >= 0.6 is 0 Å². The van der Waals surface area contributed by atoms with Crippen molar-refractivity contribution in [2.24, 2.45) is 5.92 Å². The zero-order chi connectivity index (χ0) is 18.7. The van der Waals surface area contributed by atoms with Crippen molar-refractivity contribution in [3.05, 3.63) is 75.3 Å². The number of hydrogen-bond donors (Lipinski definition) is 1. The monoisotopic (exact) mass is 354 g/mol. The summed E-state index contributed by atoms with van der Waals surface area (Å²) in [4.78, 5) is 25.1. The second-order valence-electron chi connectivity index (χ2n) is 6.69. The first-order valence-electron chi connectivity index (χ1n) is 8.75. The van der Waals surface area contributed by atoms with Crippen LogP contribution in [-0.4, -0.2) is 33.9 Å². The Labute approximate surface area is 152 Å². The molecule has 1 N–H and O–H groups in total. The van der Waals surface area contributed by atoms with Gasteiger partial charge in [-0.3, -0.25) is 14.9 Å². The number of aliphatic hydroxyl groups excluding tert-OH is 1. The first-order chi connectivity index (χ1) is 12.5. The summed E-state index contributed by atoms with van der Waals surface area (Å²) in [6, 6.07) is 14.1. The summed E-state index contributed by atoms with van der Waals surface area (Å²) in [6.07, 6.45) is 0.874. The summed E-state index contributed by atoms with van der Waals surface area (Å²) in [5.41, 5.74) is 1.63. The third kappa shape index (κ3) is 3.60. The maximum atomic E-state index is 12.8. The maximum Gasteiger partial charge on any atom is 0.273 e. The number of likely N-dealkylation sites (tertiary alicyclic amines) is 1. The number of hydrogen-bond acceptors (Lipinski definition) is 4. The van der Waals surface area contributed by atoms with Gasteiger partial charge in [0.1, 0.15) is 0 Å². The summed E-state index contributed by atoms with van der Waals surface area (Å²) in [5, 5.41) is 21.6. The van der Waals surface area contributed by atoms with Crippen molar-refractivity contribution in [3.63, 3.8) is 0 Å². The molecule has 1 fully saturated rings. The van der Waals surface area contributed by atoms with Crippen molar-refractivity contribution in [1.82, 2.24) is 4.90 Å². The number of piperidine rings is 1. The van der Waals surface area contributed by atoms with Crippen LogP contribution < -0.4 is 0 Å². The molecule has 0 aliphatic carbocycles. The largest absolute Gasteiger partial charge is 0.388 e. The van der Waals surface area contributed by atoms with Gasteiger partial charge in [0.15, 0.2) is 0 Å². The number of nitrogens with zero attached hydrogens (tertiary/aromatic N) is 2. The van der Waals surface area contributed by atoms with Crippen LogP contribution in [-0.2, 0) is 0 Å². The number of carbonyl (C=O) groups is 1. The number of amides is 1. The molecule has 0 aromatic heterocycles. The molecule has 26 heavy (non-hydrogen) atoms. The fourth-order valence-corrected chi connectivity index (χ4v) is 3.56. The summed E-state index contributed by atoms with van der Waals surface area (Å²) in [6.45, 7) is 2.68. The lowest BCUT2D eigenvalue weighted by Crippen LogP contribution is -2.40. The molecule has 1 atom stereocenters. The Morgan fingerprint density at radius 1 is 1.15 bits per heavy atom. The SMILES string of the molecule is Cc1c(C(=O)N2CCC([C@@H](O)c3ccccc3)CC2)cccc1[N+](=O)[O-]. The first kappa shape index (κ1) is 18.1. The molecule has 0 saturated carbocycles. The molecule has 2 aromatic rings. The standard InChI is InChI=1S/C20H22N2O4/c1-14-17(8-5-9-18(14)22(25)26)20(24)21-12-10-16(11-13-21)19(23)15-6-3-2-4-7-15/h2-9,16,19,23H,10-13H2,1H3/t19-/m0/s1. The molecule has 0 radical (unpaired) electrons. The van der Waals surface area contributed by atoms with Crippen LogP contribution in [0.4, 0.5) is 5.69 Å². The summed E-state index contributed by atoms with van der Waals surface area (Å²) >= 11 is 0. The quantitative estimate of drug-likeness (QED) is 0.673. The van der Waals surface area contributed by atoms with E-state index in [1.165, 1.54) is 6.07 Å². The van der Waals surface area contributed by atoms with Crippen molar-refractivity contribution in [3.8, 4) is 0 Å². The second-order valence-corrected chi connectivity index (χ2v) is 6.69. The highest BCUT2D eigenvalue weighted by molar-refractivity contribution is 5.96. The van der Waals surface area contributed by atoms with Gasteiger partial charge in [0.25, 0.3) is 11.6 Å². The third-order valence-electron chi connectivity index (χ3n) is 5.15. The Morgan fingerprint density at radius 3 is 2.42 bits per heavy atom. The molecular weight excluding hydrogens is 332 g/mol. The van der Waals surface area contributed by atoms with E-state index >= 15 is 0 Å². The lowest BCUT2D eigenvalue weighted by Gasteiger charge is -2.34. The Balaban J connectivity index is 1.68. The van der Waals surface area contributed by atoms with E-state index < -0.39 is 11.0 Å². The Hall–Kier alpha value is -2.73. The molecule has 1 saturated heterocycles. The molecule has 3 rings (SSSR count). The van der Waals surface area contributed by atoms with E-state index in [0.717, 1.165) is 5.56 Å². The predicted octanol–water partition coefficient (Wildman–Crippen LogP) is 3.49. The minimum Gasteiger partial charge on any atom is -0.388 e. The second kappa shape index (κ2) is 7.66. The summed E-state index contributed by atoms with van der Waals surface area (Å²) < 4.78 is 0. The van der Waals surface area contributed by atoms with Crippen LogP contribution in [0.2, 0.25) is 0 Å². The topological polar surface area (TPSA) is 83.7 Å². The van der Waals surface area contributed by atoms with Crippen molar-refractivity contribution in [2.45, 2.75) is 25.9 Å². The normalized spacial score (nSPS) is 16.3. The number of nitro groups is 1. The van der Waals surface area contributed by atoms with Crippen LogP contribution in [0.5, 0.6) is 0 Å². The molecule has 1 heterocycles. The average Bonchev–Trinajstić information content (AvgIpc) is 2.67. The van der Waals surface area contributed by atoms with Crippen LogP contribution in [0.1, 0.15) is 40.4 Å². The first-order valence-corrected chi connectivity index (χ1v) is 8.75. The molecule has 0 bridgehead atoms. The zero-order valence-electron chi connectivity index (χ0n) is 14.7. The summed E-state index contributed by atoms with van der Waals surface area (Å²) in [7, 11) is 0. The minimum atomic E-state index is -0.534. The van der Waals surface area contributed by atoms with E-state index in [4.69, 9.17) is 0 Å². The molecule has 0 unspecified atom stereocenters. The van der Waals surface area contributed by atoms with Crippen molar-refractivity contribution in [1.29, 1.82) is 0 Å². The molecular formula is C20H22N2O4. The van der Waals surface area contributed by atoms with Gasteiger partial charge in [-0.2, -0.15) is 0 Å². The molecule has 1 amide bonds. The molecule has 1 aliphatic rings. The lowest BCUT2D eigenvalue weighted by atomic mass is 9.87. The molecule has 2 aromatic carbocycles. The van der Waals surface area contributed by atoms with Crippen LogP contribution in [0.3, 0.4) is 0 Å². The van der Waals surface area contributed by atoms with E-state index in [-0.39, 0.29) is 17.5 Å². The predicted molar refractivity (Wildman–Crippen MR) is 97.9 cm³/mol. The van der Waals surface area contributed by atoms with E-state index in [0.29, 0.717) is 37.1 Å². The van der Waals surface area contributed by atoms with Gasteiger partial charge in [-0.25, -0.2) is 0 Å². The minimum absolute atomic E-state index is 0.0368. The number of rotatable bonds is 4. The van der Waals surface area contributed by atoms with E-state index in [1.54, 1.807) is 24.0 Å². The van der Waals surface area contributed by atoms with Gasteiger partial charge in [0, 0.05) is 30.3 Å². The van der Waals surface area contributed by atoms with Gasteiger partial charge < -0.3 is 10.0 Å². The fraction of sp³-hybridized carbons (Fsp3) is 0.350. The highest BCUT2D eigenvalue weighted by Crippen LogP contribution is 2.31. The molecule has 1 aliphatic heterocycles. The van der Waals surface area contributed by atoms with Crippen LogP contribution in [0.25, 0.3) is 0 Å². The summed E-state index contributed by atoms with van der Waals surface area (Å²) in [5.74, 6) is -0.0773. The zero-order valence-corrected chi connectivity index (χ0v) is 14.7. The third-order valence-corrected chi connectivity index (χ3v) is 5.15. The van der Waals surface area contributed by atoms with Crippen molar-refractivity contribution < 1.29 is 14.8 Å². The van der Waals surface area contributed by atoms with Crippen LogP contribution in [0.15, 0.2) is 48.5 Å².